The maximum Gasteiger partial charge on any atom is 0.207 e. The highest BCUT2D eigenvalue weighted by molar-refractivity contribution is 7.18. The first kappa shape index (κ1) is 22.2. The average Bonchev–Trinajstić information content (AvgIpc) is 3.18. The average molecular weight is 444 g/mol. The quantitative estimate of drug-likeness (QED) is 0.458. The van der Waals surface area contributed by atoms with Crippen LogP contribution >= 0.6 is 11.3 Å². The first-order valence-corrected chi connectivity index (χ1v) is 10.3. The number of ether oxygens (including phenoxy) is 4. The van der Waals surface area contributed by atoms with E-state index >= 15 is 0 Å². The molecule has 0 radical (unpaired) electrons. The molecule has 0 aliphatic rings. The molecule has 0 atom stereocenters. The lowest BCUT2D eigenvalue weighted by molar-refractivity contribution is 0.104. The van der Waals surface area contributed by atoms with Gasteiger partial charge in [0.25, 0.3) is 0 Å². The molecule has 3 N–H and O–H groups in total. The van der Waals surface area contributed by atoms with Crippen molar-refractivity contribution >= 4 is 28.1 Å². The fourth-order valence-electron chi connectivity index (χ4n) is 3.02. The van der Waals surface area contributed by atoms with E-state index < -0.39 is 0 Å². The van der Waals surface area contributed by atoms with E-state index in [1.807, 2.05) is 24.3 Å². The summed E-state index contributed by atoms with van der Waals surface area (Å²) in [6.07, 6.45) is 0.791. The number of thiazole rings is 1. The molecule has 0 amide bonds. The molecule has 1 aromatic heterocycles. The van der Waals surface area contributed by atoms with Crippen LogP contribution in [0.5, 0.6) is 23.0 Å². The summed E-state index contributed by atoms with van der Waals surface area (Å²) in [7, 11) is 6.14. The maximum absolute atomic E-state index is 13.1. The Bertz CT molecular complexity index is 1020. The highest BCUT2D eigenvalue weighted by Crippen LogP contribution is 2.39. The van der Waals surface area contributed by atoms with Crippen molar-refractivity contribution in [2.24, 2.45) is 0 Å². The Hall–Kier alpha value is -3.46. The number of nitrogens with one attached hydrogen (secondary N) is 1. The lowest BCUT2D eigenvalue weighted by Gasteiger charge is -2.13. The molecule has 0 bridgehead atoms. The summed E-state index contributed by atoms with van der Waals surface area (Å²) < 4.78 is 21.1. The van der Waals surface area contributed by atoms with Gasteiger partial charge in [0.2, 0.25) is 11.5 Å². The number of rotatable bonds is 10. The third-order valence-electron chi connectivity index (χ3n) is 4.64. The summed E-state index contributed by atoms with van der Waals surface area (Å²) in [6.45, 7) is 0.650. The fraction of sp³-hybridized carbons (Fsp3) is 0.273. The molecule has 3 aromatic rings. The minimum atomic E-state index is -0.266. The third-order valence-corrected chi connectivity index (χ3v) is 5.66. The largest absolute Gasteiger partial charge is 0.497 e. The van der Waals surface area contributed by atoms with Gasteiger partial charge in [0.1, 0.15) is 16.4 Å². The molecular weight excluding hydrogens is 418 g/mol. The van der Waals surface area contributed by atoms with Crippen molar-refractivity contribution in [3.05, 3.63) is 52.4 Å². The molecule has 2 aromatic carbocycles. The number of carbonyl (C=O) groups excluding carboxylic acids is 1. The topological polar surface area (TPSA) is 105 Å². The molecule has 0 fully saturated rings. The first-order valence-electron chi connectivity index (χ1n) is 9.48. The highest BCUT2D eigenvalue weighted by atomic mass is 32.1. The van der Waals surface area contributed by atoms with Crippen LogP contribution in [-0.4, -0.2) is 45.8 Å². The predicted molar refractivity (Wildman–Crippen MR) is 121 cm³/mol. The zero-order valence-corrected chi connectivity index (χ0v) is 18.7. The van der Waals surface area contributed by atoms with E-state index in [9.17, 15) is 4.79 Å². The van der Waals surface area contributed by atoms with Crippen LogP contribution < -0.4 is 30.0 Å². The smallest absolute Gasteiger partial charge is 0.207 e. The Morgan fingerprint density at radius 2 is 1.65 bits per heavy atom. The van der Waals surface area contributed by atoms with Gasteiger partial charge in [-0.25, -0.2) is 4.98 Å². The molecule has 0 saturated carbocycles. The van der Waals surface area contributed by atoms with Crippen molar-refractivity contribution < 1.29 is 23.7 Å². The zero-order chi connectivity index (χ0) is 22.4. The number of aromatic nitrogens is 1. The Morgan fingerprint density at radius 1 is 1.00 bits per heavy atom. The number of nitrogen functional groups attached to an aromatic ring is 1. The number of carbonyl (C=O) groups is 1. The summed E-state index contributed by atoms with van der Waals surface area (Å²) in [4.78, 5) is 17.7. The number of benzene rings is 2. The van der Waals surface area contributed by atoms with E-state index in [-0.39, 0.29) is 11.6 Å². The van der Waals surface area contributed by atoms with Gasteiger partial charge in [-0.2, -0.15) is 0 Å². The molecule has 31 heavy (non-hydrogen) atoms. The van der Waals surface area contributed by atoms with E-state index in [0.717, 1.165) is 17.7 Å². The van der Waals surface area contributed by atoms with E-state index in [2.05, 4.69) is 10.3 Å². The highest BCUT2D eigenvalue weighted by Gasteiger charge is 2.22. The summed E-state index contributed by atoms with van der Waals surface area (Å²) in [5.74, 6) is 1.93. The Kier molecular flexibility index (Phi) is 7.19. The van der Waals surface area contributed by atoms with Crippen LogP contribution in [0.15, 0.2) is 36.4 Å². The first-order chi connectivity index (χ1) is 15.0. The monoisotopic (exact) mass is 443 g/mol. The molecule has 0 unspecified atom stereocenters. The van der Waals surface area contributed by atoms with Gasteiger partial charge in [0.05, 0.1) is 28.4 Å². The Labute approximate surface area is 184 Å². The SMILES string of the molecule is COc1ccc(CCNc2nc(N)c(C(=O)c3cc(OC)c(OC)c(OC)c3)s2)cc1. The second-order valence-electron chi connectivity index (χ2n) is 6.50. The van der Waals surface area contributed by atoms with Crippen LogP contribution in [-0.2, 0) is 6.42 Å². The molecule has 0 saturated heterocycles. The van der Waals surface area contributed by atoms with Crippen LogP contribution in [0, 0.1) is 0 Å². The van der Waals surface area contributed by atoms with Gasteiger partial charge in [-0.1, -0.05) is 23.5 Å². The minimum Gasteiger partial charge on any atom is -0.497 e. The molecule has 0 spiro atoms. The van der Waals surface area contributed by atoms with Crippen LogP contribution in [0.2, 0.25) is 0 Å². The number of hydrogen-bond acceptors (Lipinski definition) is 9. The summed E-state index contributed by atoms with van der Waals surface area (Å²) in [6, 6.07) is 11.1. The van der Waals surface area contributed by atoms with Crippen LogP contribution in [0.4, 0.5) is 10.9 Å². The number of nitrogens with two attached hydrogens (primary N) is 1. The fourth-order valence-corrected chi connectivity index (χ4v) is 3.89. The van der Waals surface area contributed by atoms with Crippen LogP contribution in [0.1, 0.15) is 20.8 Å². The summed E-state index contributed by atoms with van der Waals surface area (Å²) in [5.41, 5.74) is 7.56. The van der Waals surface area contributed by atoms with Crippen molar-refractivity contribution in [3.8, 4) is 23.0 Å². The van der Waals surface area contributed by atoms with Crippen molar-refractivity contribution in [2.75, 3.05) is 46.0 Å². The molecule has 0 aliphatic carbocycles. The van der Waals surface area contributed by atoms with Crippen molar-refractivity contribution in [1.82, 2.24) is 4.98 Å². The van der Waals surface area contributed by atoms with Gasteiger partial charge >= 0.3 is 0 Å². The number of methoxy groups -OCH3 is 4. The van der Waals surface area contributed by atoms with Gasteiger partial charge in [0, 0.05) is 12.1 Å². The Morgan fingerprint density at radius 3 is 2.19 bits per heavy atom. The van der Waals surface area contributed by atoms with E-state index in [0.29, 0.717) is 39.4 Å². The number of hydrogen-bond donors (Lipinski definition) is 2. The number of anilines is 2. The summed E-state index contributed by atoms with van der Waals surface area (Å²) >= 11 is 1.21. The Balaban J connectivity index is 1.73. The second kappa shape index (κ2) is 10.0. The van der Waals surface area contributed by atoms with Crippen molar-refractivity contribution in [3.63, 3.8) is 0 Å². The molecular formula is C22H25N3O5S. The molecule has 8 nitrogen and oxygen atoms in total. The third kappa shape index (κ3) is 5.00. The van der Waals surface area contributed by atoms with E-state index in [4.69, 9.17) is 24.7 Å². The van der Waals surface area contributed by atoms with Gasteiger partial charge in [-0.05, 0) is 36.2 Å². The molecule has 0 aliphatic heterocycles. The van der Waals surface area contributed by atoms with Gasteiger partial charge in [-0.15, -0.1) is 0 Å². The van der Waals surface area contributed by atoms with E-state index in [1.54, 1.807) is 19.2 Å². The minimum absolute atomic E-state index is 0.177. The molecule has 3 rings (SSSR count). The maximum atomic E-state index is 13.1. The van der Waals surface area contributed by atoms with Gasteiger partial charge < -0.3 is 30.0 Å². The molecule has 9 heteroatoms. The van der Waals surface area contributed by atoms with Crippen LogP contribution in [0.3, 0.4) is 0 Å². The van der Waals surface area contributed by atoms with E-state index in [1.165, 1.54) is 32.7 Å². The number of ketones is 1. The normalized spacial score (nSPS) is 10.5. The van der Waals surface area contributed by atoms with Crippen molar-refractivity contribution in [1.29, 1.82) is 0 Å². The summed E-state index contributed by atoms with van der Waals surface area (Å²) in [5, 5.41) is 3.81. The van der Waals surface area contributed by atoms with Gasteiger partial charge in [0.15, 0.2) is 16.6 Å². The lowest BCUT2D eigenvalue weighted by Crippen LogP contribution is -2.05. The lowest BCUT2D eigenvalue weighted by atomic mass is 10.1. The number of nitrogens with zero attached hydrogens (tertiary/aromatic N) is 1. The van der Waals surface area contributed by atoms with Crippen molar-refractivity contribution in [2.45, 2.75) is 6.42 Å². The van der Waals surface area contributed by atoms with Gasteiger partial charge in [-0.3, -0.25) is 4.79 Å². The van der Waals surface area contributed by atoms with Crippen LogP contribution in [0.25, 0.3) is 0 Å². The molecule has 1 heterocycles. The predicted octanol–water partition coefficient (Wildman–Crippen LogP) is 3.65. The molecule has 164 valence electrons. The standard InChI is InChI=1S/C22H25N3O5S/c1-27-15-7-5-13(6-8-15)9-10-24-22-25-21(23)20(31-22)18(26)14-11-16(28-2)19(30-4)17(12-14)29-3/h5-8,11-12H,9-10,23H2,1-4H3,(H,24,25). The zero-order valence-electron chi connectivity index (χ0n) is 17.9. The second-order valence-corrected chi connectivity index (χ2v) is 7.50.